The van der Waals surface area contributed by atoms with E-state index in [9.17, 15) is 9.59 Å². The van der Waals surface area contributed by atoms with Crippen molar-refractivity contribution in [3.63, 3.8) is 0 Å². The topological polar surface area (TPSA) is 123 Å². The van der Waals surface area contributed by atoms with Gasteiger partial charge in [0, 0.05) is 17.8 Å². The second-order valence-electron chi connectivity index (χ2n) is 5.31. The van der Waals surface area contributed by atoms with E-state index in [0.29, 0.717) is 6.54 Å². The van der Waals surface area contributed by atoms with Gasteiger partial charge >= 0.3 is 11.9 Å². The van der Waals surface area contributed by atoms with E-state index in [-0.39, 0.29) is 19.4 Å². The fourth-order valence-electron chi connectivity index (χ4n) is 2.15. The summed E-state index contributed by atoms with van der Waals surface area (Å²) in [5.41, 5.74) is 1.73. The zero-order valence-corrected chi connectivity index (χ0v) is 13.7. The number of nitrogens with one attached hydrogen (secondary N) is 2. The maximum absolute atomic E-state index is 10.4. The average Bonchev–Trinajstić information content (AvgIpc) is 2.93. The number of carboxylic acids is 2. The van der Waals surface area contributed by atoms with Crippen molar-refractivity contribution in [1.29, 1.82) is 0 Å². The Morgan fingerprint density at radius 3 is 2.50 bits per heavy atom. The molecule has 2 aromatic rings. The highest BCUT2D eigenvalue weighted by molar-refractivity contribution is 5.82. The third-order valence-electron chi connectivity index (χ3n) is 3.28. The second kappa shape index (κ2) is 10.4. The third-order valence-corrected chi connectivity index (χ3v) is 3.28. The van der Waals surface area contributed by atoms with Gasteiger partial charge in [-0.3, -0.25) is 9.59 Å². The number of rotatable bonds is 8. The largest absolute Gasteiger partial charge is 0.481 e. The minimum absolute atomic E-state index is 0.0503. The first kappa shape index (κ1) is 19.7. The standard InChI is InChI=1S/C10H9NO2.C7H15NO3/c12-10(13)6-8-5-7-3-1-2-4-9(7)11-8;1-2-4-8-6(3-5-9)7(10)11/h1-5,11H,6H2,(H,12,13);6,8-9H,2-5H2,1H3,(H,10,11). The number of carboxylic acid groups (broad SMARTS) is 2. The fourth-order valence-corrected chi connectivity index (χ4v) is 2.15. The van der Waals surface area contributed by atoms with E-state index in [2.05, 4.69) is 10.3 Å². The Hall–Kier alpha value is -2.38. The van der Waals surface area contributed by atoms with Crippen molar-refractivity contribution in [2.75, 3.05) is 13.2 Å². The molecule has 1 heterocycles. The highest BCUT2D eigenvalue weighted by Gasteiger charge is 2.14. The van der Waals surface area contributed by atoms with Crippen LogP contribution in [0.2, 0.25) is 0 Å². The summed E-state index contributed by atoms with van der Waals surface area (Å²) in [6.07, 6.45) is 1.22. The van der Waals surface area contributed by atoms with Crippen molar-refractivity contribution >= 4 is 22.8 Å². The number of benzene rings is 1. The molecule has 2 rings (SSSR count). The van der Waals surface area contributed by atoms with E-state index in [1.807, 2.05) is 37.3 Å². The Labute approximate surface area is 140 Å². The van der Waals surface area contributed by atoms with Gasteiger partial charge in [-0.2, -0.15) is 0 Å². The second-order valence-corrected chi connectivity index (χ2v) is 5.31. The number of aromatic nitrogens is 1. The summed E-state index contributed by atoms with van der Waals surface area (Å²) in [4.78, 5) is 23.9. The molecule has 1 aromatic heterocycles. The van der Waals surface area contributed by atoms with Crippen LogP contribution in [0.5, 0.6) is 0 Å². The van der Waals surface area contributed by atoms with Gasteiger partial charge in [0.2, 0.25) is 0 Å². The zero-order valence-electron chi connectivity index (χ0n) is 13.7. The summed E-state index contributed by atoms with van der Waals surface area (Å²) in [6, 6.07) is 9.01. The molecule has 7 nitrogen and oxygen atoms in total. The highest BCUT2D eigenvalue weighted by Crippen LogP contribution is 2.14. The summed E-state index contributed by atoms with van der Waals surface area (Å²) in [5.74, 6) is -1.71. The number of fused-ring (bicyclic) bond motifs is 1. The maximum atomic E-state index is 10.4. The minimum Gasteiger partial charge on any atom is -0.481 e. The normalized spacial score (nSPS) is 11.6. The first-order valence-corrected chi connectivity index (χ1v) is 7.83. The van der Waals surface area contributed by atoms with E-state index in [1.54, 1.807) is 0 Å². The van der Waals surface area contributed by atoms with Gasteiger partial charge in [0.1, 0.15) is 6.04 Å². The molecule has 0 bridgehead atoms. The lowest BCUT2D eigenvalue weighted by molar-refractivity contribution is -0.140. The molecule has 0 fully saturated rings. The minimum atomic E-state index is -0.896. The zero-order chi connectivity index (χ0) is 17.9. The van der Waals surface area contributed by atoms with Crippen LogP contribution in [-0.4, -0.2) is 51.4 Å². The van der Waals surface area contributed by atoms with Gasteiger partial charge in [-0.05, 0) is 36.9 Å². The first-order valence-electron chi connectivity index (χ1n) is 7.83. The molecular formula is C17H24N2O5. The molecule has 0 saturated heterocycles. The van der Waals surface area contributed by atoms with E-state index < -0.39 is 18.0 Å². The Bertz CT molecular complexity index is 620. The molecule has 7 heteroatoms. The average molecular weight is 336 g/mol. The molecule has 0 aliphatic heterocycles. The van der Waals surface area contributed by atoms with Crippen molar-refractivity contribution in [2.45, 2.75) is 32.2 Å². The number of aromatic amines is 1. The fraction of sp³-hybridized carbons (Fsp3) is 0.412. The van der Waals surface area contributed by atoms with Crippen LogP contribution in [0.15, 0.2) is 30.3 Å². The van der Waals surface area contributed by atoms with Crippen molar-refractivity contribution in [3.8, 4) is 0 Å². The lowest BCUT2D eigenvalue weighted by Crippen LogP contribution is -2.37. The molecular weight excluding hydrogens is 312 g/mol. The summed E-state index contributed by atoms with van der Waals surface area (Å²) < 4.78 is 0. The molecule has 1 unspecified atom stereocenters. The number of hydrogen-bond donors (Lipinski definition) is 5. The first-order chi connectivity index (χ1) is 11.5. The van der Waals surface area contributed by atoms with Crippen LogP contribution in [-0.2, 0) is 16.0 Å². The molecule has 0 aliphatic carbocycles. The number of aliphatic carboxylic acids is 2. The molecule has 0 spiro atoms. The van der Waals surface area contributed by atoms with Crippen LogP contribution in [0.1, 0.15) is 25.5 Å². The quantitative estimate of drug-likeness (QED) is 0.499. The van der Waals surface area contributed by atoms with Crippen LogP contribution < -0.4 is 5.32 Å². The number of para-hydroxylation sites is 1. The predicted octanol–water partition coefficient (Wildman–Crippen LogP) is 1.62. The van der Waals surface area contributed by atoms with E-state index in [0.717, 1.165) is 23.0 Å². The van der Waals surface area contributed by atoms with Crippen molar-refractivity contribution in [2.24, 2.45) is 0 Å². The Balaban J connectivity index is 0.000000245. The van der Waals surface area contributed by atoms with E-state index >= 15 is 0 Å². The molecule has 0 radical (unpaired) electrons. The number of carbonyl (C=O) groups is 2. The lowest BCUT2D eigenvalue weighted by Gasteiger charge is -2.11. The van der Waals surface area contributed by atoms with Crippen molar-refractivity contribution < 1.29 is 24.9 Å². The van der Waals surface area contributed by atoms with Gasteiger partial charge in [0.15, 0.2) is 0 Å². The predicted molar refractivity (Wildman–Crippen MR) is 91.1 cm³/mol. The van der Waals surface area contributed by atoms with Gasteiger partial charge in [0.25, 0.3) is 0 Å². The molecule has 132 valence electrons. The SMILES string of the molecule is CCCNC(CCO)C(=O)O.O=C(O)Cc1cc2ccccc2[nH]1. The third kappa shape index (κ3) is 6.80. The van der Waals surface area contributed by atoms with Gasteiger partial charge in [-0.25, -0.2) is 0 Å². The van der Waals surface area contributed by atoms with Crippen molar-refractivity contribution in [3.05, 3.63) is 36.0 Å². The molecule has 5 N–H and O–H groups in total. The van der Waals surface area contributed by atoms with Gasteiger partial charge in [-0.1, -0.05) is 25.1 Å². The molecule has 1 aromatic carbocycles. The lowest BCUT2D eigenvalue weighted by atomic mass is 10.2. The van der Waals surface area contributed by atoms with E-state index in [1.165, 1.54) is 0 Å². The number of hydrogen-bond acceptors (Lipinski definition) is 4. The van der Waals surface area contributed by atoms with Gasteiger partial charge in [0.05, 0.1) is 6.42 Å². The van der Waals surface area contributed by atoms with E-state index in [4.69, 9.17) is 15.3 Å². The molecule has 0 amide bonds. The Morgan fingerprint density at radius 1 is 1.25 bits per heavy atom. The van der Waals surface area contributed by atoms with Crippen molar-refractivity contribution in [1.82, 2.24) is 10.3 Å². The molecule has 0 saturated carbocycles. The summed E-state index contributed by atoms with van der Waals surface area (Å²) in [5, 5.41) is 29.5. The van der Waals surface area contributed by atoms with Crippen LogP contribution in [0, 0.1) is 0 Å². The number of aliphatic hydroxyl groups is 1. The summed E-state index contributed by atoms with van der Waals surface area (Å²) in [7, 11) is 0. The summed E-state index contributed by atoms with van der Waals surface area (Å²) >= 11 is 0. The van der Waals surface area contributed by atoms with Crippen LogP contribution >= 0.6 is 0 Å². The van der Waals surface area contributed by atoms with Gasteiger partial charge in [-0.15, -0.1) is 0 Å². The number of H-pyrrole nitrogens is 1. The van der Waals surface area contributed by atoms with Crippen LogP contribution in [0.25, 0.3) is 10.9 Å². The Kier molecular flexibility index (Phi) is 8.53. The molecule has 24 heavy (non-hydrogen) atoms. The van der Waals surface area contributed by atoms with Crippen LogP contribution in [0.4, 0.5) is 0 Å². The molecule has 0 aliphatic rings. The highest BCUT2D eigenvalue weighted by atomic mass is 16.4. The number of aliphatic hydroxyl groups excluding tert-OH is 1. The Morgan fingerprint density at radius 2 is 1.96 bits per heavy atom. The maximum Gasteiger partial charge on any atom is 0.320 e. The van der Waals surface area contributed by atoms with Gasteiger partial charge < -0.3 is 25.6 Å². The van der Waals surface area contributed by atoms with Crippen LogP contribution in [0.3, 0.4) is 0 Å². The monoisotopic (exact) mass is 336 g/mol. The smallest absolute Gasteiger partial charge is 0.320 e. The molecule has 1 atom stereocenters. The summed E-state index contributed by atoms with van der Waals surface area (Å²) in [6.45, 7) is 2.55.